The summed E-state index contributed by atoms with van der Waals surface area (Å²) < 4.78 is 29.1. The van der Waals surface area contributed by atoms with Crippen LogP contribution in [0.1, 0.15) is 54.9 Å². The molecule has 1 unspecified atom stereocenters. The van der Waals surface area contributed by atoms with E-state index in [4.69, 9.17) is 4.74 Å². The predicted octanol–water partition coefficient (Wildman–Crippen LogP) is 5.99. The molecule has 0 bridgehead atoms. The average Bonchev–Trinajstić information content (AvgIpc) is 3.03. The number of ether oxygens (including phenoxy) is 1. The second kappa shape index (κ2) is 15.2. The van der Waals surface area contributed by atoms with Crippen LogP contribution >= 0.6 is 0 Å². The molecule has 10 heteroatoms. The topological polar surface area (TPSA) is 136 Å². The monoisotopic (exact) mass is 615 g/mol. The van der Waals surface area contributed by atoms with Crippen LogP contribution in [0.5, 0.6) is 5.75 Å². The molecule has 1 heterocycles. The van der Waals surface area contributed by atoms with Crippen LogP contribution in [-0.2, 0) is 21.1 Å². The Kier molecular flexibility index (Phi) is 11.2. The van der Waals surface area contributed by atoms with E-state index >= 15 is 0 Å². The quantitative estimate of drug-likeness (QED) is 0.156. The first-order valence-corrected chi connectivity index (χ1v) is 16.5. The lowest BCUT2D eigenvalue weighted by molar-refractivity contribution is -0.139. The fourth-order valence-electron chi connectivity index (χ4n) is 4.59. The molecule has 3 aromatic carbocycles. The zero-order valence-corrected chi connectivity index (χ0v) is 25.7. The Labute approximate surface area is 258 Å². The summed E-state index contributed by atoms with van der Waals surface area (Å²) in [6, 6.07) is 19.2. The number of aliphatic carboxylic acids is 1. The molecule has 0 aliphatic rings. The molecule has 4 aromatic rings. The van der Waals surface area contributed by atoms with E-state index < -0.39 is 27.8 Å². The van der Waals surface area contributed by atoms with Gasteiger partial charge in [0.05, 0.1) is 11.5 Å². The first-order chi connectivity index (χ1) is 21.1. The normalized spacial score (nSPS) is 12.0. The van der Waals surface area contributed by atoms with E-state index in [9.17, 15) is 23.1 Å². The highest BCUT2D eigenvalue weighted by Gasteiger charge is 2.22. The Morgan fingerprint density at radius 3 is 2.02 bits per heavy atom. The van der Waals surface area contributed by atoms with Gasteiger partial charge in [0.1, 0.15) is 11.8 Å². The minimum Gasteiger partial charge on any atom is -0.494 e. The molecule has 0 aliphatic heterocycles. The molecule has 44 heavy (non-hydrogen) atoms. The Balaban J connectivity index is 1.33. The van der Waals surface area contributed by atoms with Crippen molar-refractivity contribution in [2.24, 2.45) is 0 Å². The van der Waals surface area contributed by atoms with Crippen LogP contribution in [0.3, 0.4) is 0 Å². The number of rotatable bonds is 15. The summed E-state index contributed by atoms with van der Waals surface area (Å²) in [5.74, 6) is -0.419. The van der Waals surface area contributed by atoms with Crippen LogP contribution in [0, 0.1) is 0 Å². The van der Waals surface area contributed by atoms with E-state index in [1.54, 1.807) is 24.5 Å². The van der Waals surface area contributed by atoms with Crippen molar-refractivity contribution in [2.75, 3.05) is 12.9 Å². The second-order valence-corrected chi connectivity index (χ2v) is 12.7. The molecule has 0 saturated heterocycles. The lowest BCUT2D eigenvalue weighted by Gasteiger charge is -2.15. The first-order valence-electron chi connectivity index (χ1n) is 14.6. The molecular weight excluding hydrogens is 578 g/mol. The van der Waals surface area contributed by atoms with Gasteiger partial charge in [0, 0.05) is 41.8 Å². The van der Waals surface area contributed by atoms with E-state index in [0.29, 0.717) is 18.0 Å². The minimum absolute atomic E-state index is 0.0567. The third-order valence-electron chi connectivity index (χ3n) is 7.16. The molecule has 0 aliphatic carbocycles. The number of benzene rings is 3. The van der Waals surface area contributed by atoms with E-state index in [1.165, 1.54) is 49.9 Å². The maximum absolute atomic E-state index is 12.6. The number of nitrogens with one attached hydrogen (secondary N) is 1. The Hall–Kier alpha value is -4.57. The fourth-order valence-corrected chi connectivity index (χ4v) is 5.22. The van der Waals surface area contributed by atoms with Crippen LogP contribution in [0.15, 0.2) is 90.1 Å². The Bertz CT molecular complexity index is 1640. The predicted molar refractivity (Wildman–Crippen MR) is 169 cm³/mol. The van der Waals surface area contributed by atoms with Crippen molar-refractivity contribution in [3.63, 3.8) is 0 Å². The van der Waals surface area contributed by atoms with Crippen LogP contribution in [0.2, 0.25) is 0 Å². The third-order valence-corrected chi connectivity index (χ3v) is 8.28. The molecule has 9 nitrogen and oxygen atoms in total. The van der Waals surface area contributed by atoms with Crippen molar-refractivity contribution >= 4 is 21.7 Å². The largest absolute Gasteiger partial charge is 0.494 e. The molecule has 1 aromatic heterocycles. The van der Waals surface area contributed by atoms with Crippen LogP contribution in [0.25, 0.3) is 22.5 Å². The smallest absolute Gasteiger partial charge is 0.326 e. The standard InChI is InChI=1S/C34H37N3O6S/c1-3-4-5-6-7-20-43-29-16-12-25(13-17-29)28-22-35-32(36-23-28)26-10-8-24(9-11-26)21-31(34(39)40)37-33(38)27-14-18-30(19-15-27)44(2,41)42/h8-19,22-23,31H,3-7,20-21H2,1-2H3,(H,37,38)(H,39,40). The molecule has 4 rings (SSSR count). The molecule has 1 atom stereocenters. The van der Waals surface area contributed by atoms with Gasteiger partial charge in [-0.05, 0) is 53.9 Å². The summed E-state index contributed by atoms with van der Waals surface area (Å²) in [6.07, 6.45) is 10.6. The molecular formula is C34H37N3O6S. The number of nitrogens with zero attached hydrogens (tertiary/aromatic N) is 2. The minimum atomic E-state index is -3.41. The fraction of sp³-hybridized carbons (Fsp3) is 0.294. The van der Waals surface area contributed by atoms with Gasteiger partial charge in [0.25, 0.3) is 5.91 Å². The number of hydrogen-bond donors (Lipinski definition) is 2. The van der Waals surface area contributed by atoms with Crippen molar-refractivity contribution in [1.82, 2.24) is 15.3 Å². The van der Waals surface area contributed by atoms with E-state index in [0.717, 1.165) is 35.1 Å². The summed E-state index contributed by atoms with van der Waals surface area (Å²) in [5.41, 5.74) is 3.49. The summed E-state index contributed by atoms with van der Waals surface area (Å²) in [5, 5.41) is 12.2. The highest BCUT2D eigenvalue weighted by atomic mass is 32.2. The highest BCUT2D eigenvalue weighted by molar-refractivity contribution is 7.90. The van der Waals surface area contributed by atoms with E-state index in [-0.39, 0.29) is 16.9 Å². The molecule has 0 fully saturated rings. The van der Waals surface area contributed by atoms with Crippen LogP contribution in [-0.4, -0.2) is 54.3 Å². The third kappa shape index (κ3) is 9.21. The number of carboxylic acid groups (broad SMARTS) is 1. The number of aromatic nitrogens is 2. The first kappa shape index (κ1) is 32.3. The molecule has 2 N–H and O–H groups in total. The van der Waals surface area contributed by atoms with Crippen molar-refractivity contribution in [2.45, 2.75) is 56.4 Å². The maximum atomic E-state index is 12.6. The zero-order valence-electron chi connectivity index (χ0n) is 24.9. The number of carbonyl (C=O) groups is 2. The van der Waals surface area contributed by atoms with Crippen molar-refractivity contribution in [1.29, 1.82) is 0 Å². The number of carbonyl (C=O) groups excluding carboxylic acids is 1. The maximum Gasteiger partial charge on any atom is 0.326 e. The zero-order chi connectivity index (χ0) is 31.5. The lowest BCUT2D eigenvalue weighted by atomic mass is 10.0. The van der Waals surface area contributed by atoms with E-state index in [1.807, 2.05) is 36.4 Å². The van der Waals surface area contributed by atoms with Gasteiger partial charge in [0.2, 0.25) is 0 Å². The molecule has 0 radical (unpaired) electrons. The van der Waals surface area contributed by atoms with Crippen molar-refractivity contribution < 1.29 is 27.9 Å². The van der Waals surface area contributed by atoms with Gasteiger partial charge in [-0.25, -0.2) is 23.2 Å². The van der Waals surface area contributed by atoms with Gasteiger partial charge in [-0.2, -0.15) is 0 Å². The van der Waals surface area contributed by atoms with Crippen molar-refractivity contribution in [3.05, 3.63) is 96.3 Å². The number of unbranched alkanes of at least 4 members (excludes halogenated alkanes) is 4. The Morgan fingerprint density at radius 1 is 0.818 bits per heavy atom. The van der Waals surface area contributed by atoms with Crippen LogP contribution < -0.4 is 10.1 Å². The van der Waals surface area contributed by atoms with Gasteiger partial charge in [-0.3, -0.25) is 4.79 Å². The second-order valence-electron chi connectivity index (χ2n) is 10.6. The number of carboxylic acids is 1. The summed E-state index contributed by atoms with van der Waals surface area (Å²) in [4.78, 5) is 33.6. The number of hydrogen-bond acceptors (Lipinski definition) is 7. The SMILES string of the molecule is CCCCCCCOc1ccc(-c2cnc(-c3ccc(CC(NC(=O)c4ccc(S(C)(=O)=O)cc4)C(=O)O)cc3)nc2)cc1. The number of amides is 1. The average molecular weight is 616 g/mol. The molecule has 1 amide bonds. The van der Waals surface area contributed by atoms with Gasteiger partial charge >= 0.3 is 5.97 Å². The van der Waals surface area contributed by atoms with Gasteiger partial charge in [-0.1, -0.05) is 69.0 Å². The van der Waals surface area contributed by atoms with Crippen LogP contribution in [0.4, 0.5) is 0 Å². The van der Waals surface area contributed by atoms with Gasteiger partial charge in [-0.15, -0.1) is 0 Å². The van der Waals surface area contributed by atoms with Crippen molar-refractivity contribution in [3.8, 4) is 28.3 Å². The summed E-state index contributed by atoms with van der Waals surface area (Å²) in [6.45, 7) is 2.92. The molecule has 230 valence electrons. The number of sulfone groups is 1. The van der Waals surface area contributed by atoms with Gasteiger partial charge in [0.15, 0.2) is 15.7 Å². The lowest BCUT2D eigenvalue weighted by Crippen LogP contribution is -2.42. The molecule has 0 saturated carbocycles. The molecule has 0 spiro atoms. The van der Waals surface area contributed by atoms with E-state index in [2.05, 4.69) is 22.2 Å². The Morgan fingerprint density at radius 2 is 1.43 bits per heavy atom. The summed E-state index contributed by atoms with van der Waals surface area (Å²) >= 11 is 0. The highest BCUT2D eigenvalue weighted by Crippen LogP contribution is 2.24. The summed E-state index contributed by atoms with van der Waals surface area (Å²) in [7, 11) is -3.41. The van der Waals surface area contributed by atoms with Gasteiger partial charge < -0.3 is 15.2 Å².